The molecule has 4 rings (SSSR count). The summed E-state index contributed by atoms with van der Waals surface area (Å²) in [6.07, 6.45) is -7.30. The summed E-state index contributed by atoms with van der Waals surface area (Å²) in [6, 6.07) is 10.3. The second-order valence-corrected chi connectivity index (χ2v) is 9.73. The lowest BCUT2D eigenvalue weighted by molar-refractivity contribution is -0.278. The number of hydrogen-bond donors (Lipinski definition) is 4. The number of aromatic hydroxyl groups is 1. The highest BCUT2D eigenvalue weighted by Crippen LogP contribution is 2.34. The van der Waals surface area contributed by atoms with Crippen LogP contribution in [0.25, 0.3) is 11.0 Å². The van der Waals surface area contributed by atoms with Crippen LogP contribution in [0.3, 0.4) is 0 Å². The van der Waals surface area contributed by atoms with Gasteiger partial charge >= 0.3 is 6.16 Å². The summed E-state index contributed by atoms with van der Waals surface area (Å²) in [6.45, 7) is 4.44. The summed E-state index contributed by atoms with van der Waals surface area (Å²) in [4.78, 5) is 25.0. The van der Waals surface area contributed by atoms with E-state index in [0.29, 0.717) is 12.0 Å². The van der Waals surface area contributed by atoms with Gasteiger partial charge in [-0.15, -0.1) is 0 Å². The van der Waals surface area contributed by atoms with Gasteiger partial charge in [0.25, 0.3) is 0 Å². The summed E-state index contributed by atoms with van der Waals surface area (Å²) in [5.74, 6) is -0.811. The van der Waals surface area contributed by atoms with E-state index in [-0.39, 0.29) is 23.5 Å². The summed E-state index contributed by atoms with van der Waals surface area (Å²) >= 11 is 0. The van der Waals surface area contributed by atoms with Crippen molar-refractivity contribution in [2.45, 2.75) is 70.4 Å². The molecule has 1 saturated heterocycles. The Hall–Kier alpha value is -3.64. The first-order valence-corrected chi connectivity index (χ1v) is 12.6. The first kappa shape index (κ1) is 28.4. The Kier molecular flexibility index (Phi) is 8.76. The third-order valence-electron chi connectivity index (χ3n) is 6.27. The molecule has 11 heteroatoms. The zero-order valence-corrected chi connectivity index (χ0v) is 21.8. The number of aryl methyl sites for hydroxylation is 2. The van der Waals surface area contributed by atoms with E-state index in [9.17, 15) is 30.0 Å². The number of phenolic OH excluding ortho intramolecular Hbond substituents is 1. The number of carbonyl (C=O) groups excluding carboxylic acids is 2. The number of aliphatic hydroxyl groups is 3. The standard InChI is InChI=1S/C28H32O11/c1-14(2)37-28(34)36-13-22-24(31)25(32)26(33)27(39-22)38-21-11-15(3)10-19(30)23(21)18(29)6-4-16-5-7-20-17(12-16)8-9-35-20/h5,7-12,14,22,24-27,30-33H,4,6,13H2,1-3H3/t22-,24-,25+,26-,27-/m1/s1. The second kappa shape index (κ2) is 12.0. The molecule has 3 aromatic rings. The van der Waals surface area contributed by atoms with Crippen molar-refractivity contribution in [3.05, 3.63) is 59.4 Å². The van der Waals surface area contributed by atoms with E-state index in [1.54, 1.807) is 27.0 Å². The fourth-order valence-electron chi connectivity index (χ4n) is 4.32. The lowest BCUT2D eigenvalue weighted by Gasteiger charge is -2.40. The van der Waals surface area contributed by atoms with Crippen molar-refractivity contribution in [1.29, 1.82) is 0 Å². The predicted molar refractivity (Wildman–Crippen MR) is 137 cm³/mol. The summed E-state index contributed by atoms with van der Waals surface area (Å²) in [5, 5.41) is 42.8. The van der Waals surface area contributed by atoms with Crippen LogP contribution in [-0.2, 0) is 20.6 Å². The number of fused-ring (bicyclic) bond motifs is 1. The fourth-order valence-corrected chi connectivity index (χ4v) is 4.32. The molecule has 0 bridgehead atoms. The Labute approximate surface area is 224 Å². The van der Waals surface area contributed by atoms with Gasteiger partial charge in [0, 0.05) is 11.8 Å². The molecular weight excluding hydrogens is 512 g/mol. The summed E-state index contributed by atoms with van der Waals surface area (Å²) in [5.41, 5.74) is 2.07. The van der Waals surface area contributed by atoms with Crippen LogP contribution in [0.15, 0.2) is 47.1 Å². The lowest BCUT2D eigenvalue weighted by atomic mass is 9.98. The molecule has 2 aromatic carbocycles. The molecule has 0 aliphatic carbocycles. The molecule has 4 N–H and O–H groups in total. The number of aliphatic hydroxyl groups excluding tert-OH is 3. The topological polar surface area (TPSA) is 165 Å². The van der Waals surface area contributed by atoms with Gasteiger partial charge in [0.2, 0.25) is 6.29 Å². The minimum absolute atomic E-state index is 0.0418. The molecular formula is C28H32O11. The molecule has 11 nitrogen and oxygen atoms in total. The highest BCUT2D eigenvalue weighted by molar-refractivity contribution is 6.01. The Bertz CT molecular complexity index is 1310. The molecule has 0 spiro atoms. The molecule has 1 aromatic heterocycles. The number of ketones is 1. The van der Waals surface area contributed by atoms with Crippen molar-refractivity contribution in [2.24, 2.45) is 0 Å². The Morgan fingerprint density at radius 3 is 2.54 bits per heavy atom. The molecule has 0 saturated carbocycles. The predicted octanol–water partition coefficient (Wildman–Crippen LogP) is 3.01. The van der Waals surface area contributed by atoms with Crippen LogP contribution >= 0.6 is 0 Å². The average Bonchev–Trinajstić information content (AvgIpc) is 3.34. The smallest absolute Gasteiger partial charge is 0.507 e. The van der Waals surface area contributed by atoms with Crippen LogP contribution in [0, 0.1) is 6.92 Å². The molecule has 1 fully saturated rings. The van der Waals surface area contributed by atoms with Gasteiger partial charge < -0.3 is 43.8 Å². The third kappa shape index (κ3) is 6.69. The number of benzene rings is 2. The van der Waals surface area contributed by atoms with E-state index in [1.807, 2.05) is 24.3 Å². The maximum absolute atomic E-state index is 13.2. The number of carbonyl (C=O) groups is 2. The maximum Gasteiger partial charge on any atom is 0.508 e. The van der Waals surface area contributed by atoms with Crippen molar-refractivity contribution in [1.82, 2.24) is 0 Å². The van der Waals surface area contributed by atoms with Crippen LogP contribution in [0.5, 0.6) is 11.5 Å². The number of rotatable bonds is 9. The highest BCUT2D eigenvalue weighted by Gasteiger charge is 2.46. The van der Waals surface area contributed by atoms with Gasteiger partial charge in [0.1, 0.15) is 53.7 Å². The first-order chi connectivity index (χ1) is 18.5. The second-order valence-electron chi connectivity index (χ2n) is 9.73. The lowest BCUT2D eigenvalue weighted by Crippen LogP contribution is -2.60. The SMILES string of the molecule is Cc1cc(O)c(C(=O)CCc2ccc3occc3c2)c(O[C@@H]2O[C@H](COC(=O)OC(C)C)[C@@H](O)[C@H](O)[C@H]2O)c1. The minimum atomic E-state index is -1.72. The monoisotopic (exact) mass is 544 g/mol. The van der Waals surface area contributed by atoms with E-state index in [2.05, 4.69) is 0 Å². The molecule has 39 heavy (non-hydrogen) atoms. The zero-order chi connectivity index (χ0) is 28.3. The third-order valence-corrected chi connectivity index (χ3v) is 6.27. The summed E-state index contributed by atoms with van der Waals surface area (Å²) < 4.78 is 26.6. The van der Waals surface area contributed by atoms with E-state index >= 15 is 0 Å². The molecule has 1 aliphatic heterocycles. The largest absolute Gasteiger partial charge is 0.508 e. The Morgan fingerprint density at radius 1 is 1.03 bits per heavy atom. The molecule has 0 unspecified atom stereocenters. The van der Waals surface area contributed by atoms with Crippen molar-refractivity contribution >= 4 is 22.9 Å². The number of Topliss-reactive ketones (excluding diaryl/α,β-unsaturated/α-hetero) is 1. The van der Waals surface area contributed by atoms with Crippen molar-refractivity contribution in [3.63, 3.8) is 0 Å². The van der Waals surface area contributed by atoms with E-state index in [1.165, 1.54) is 12.1 Å². The van der Waals surface area contributed by atoms with Crippen molar-refractivity contribution in [2.75, 3.05) is 6.61 Å². The van der Waals surface area contributed by atoms with Crippen LogP contribution in [0.4, 0.5) is 4.79 Å². The van der Waals surface area contributed by atoms with Crippen LogP contribution in [-0.4, -0.2) is 75.8 Å². The van der Waals surface area contributed by atoms with Gasteiger partial charge in [0.15, 0.2) is 5.78 Å². The van der Waals surface area contributed by atoms with Crippen LogP contribution in [0.2, 0.25) is 0 Å². The zero-order valence-electron chi connectivity index (χ0n) is 21.8. The van der Waals surface area contributed by atoms with Gasteiger partial charge in [-0.1, -0.05) is 6.07 Å². The summed E-state index contributed by atoms with van der Waals surface area (Å²) in [7, 11) is 0. The molecule has 2 heterocycles. The van der Waals surface area contributed by atoms with Crippen LogP contribution < -0.4 is 4.74 Å². The van der Waals surface area contributed by atoms with Gasteiger partial charge in [-0.25, -0.2) is 4.79 Å². The van der Waals surface area contributed by atoms with Crippen molar-refractivity contribution in [3.8, 4) is 11.5 Å². The van der Waals surface area contributed by atoms with E-state index < -0.39 is 55.4 Å². The minimum Gasteiger partial charge on any atom is -0.507 e. The number of ether oxygens (including phenoxy) is 4. The fraction of sp³-hybridized carbons (Fsp3) is 0.429. The molecule has 5 atom stereocenters. The Morgan fingerprint density at radius 2 is 1.79 bits per heavy atom. The first-order valence-electron chi connectivity index (χ1n) is 12.6. The van der Waals surface area contributed by atoms with Gasteiger partial charge in [0.05, 0.1) is 12.4 Å². The van der Waals surface area contributed by atoms with Crippen molar-refractivity contribution < 1.29 is 53.4 Å². The number of hydrogen-bond acceptors (Lipinski definition) is 11. The highest BCUT2D eigenvalue weighted by atomic mass is 16.7. The molecule has 1 aliphatic rings. The average molecular weight is 545 g/mol. The van der Waals surface area contributed by atoms with Gasteiger partial charge in [-0.3, -0.25) is 4.79 Å². The normalized spacial score (nSPS) is 23.1. The maximum atomic E-state index is 13.2. The number of phenols is 1. The molecule has 0 amide bonds. The molecule has 210 valence electrons. The van der Waals surface area contributed by atoms with Crippen LogP contribution in [0.1, 0.15) is 41.8 Å². The number of furan rings is 1. The van der Waals surface area contributed by atoms with E-state index in [0.717, 1.165) is 16.5 Å². The van der Waals surface area contributed by atoms with Gasteiger partial charge in [-0.05, 0) is 68.7 Å². The van der Waals surface area contributed by atoms with Gasteiger partial charge in [-0.2, -0.15) is 0 Å². The molecule has 0 radical (unpaired) electrons. The Balaban J connectivity index is 1.49. The quantitative estimate of drug-likeness (QED) is 0.231. The van der Waals surface area contributed by atoms with E-state index in [4.69, 9.17) is 23.4 Å².